The van der Waals surface area contributed by atoms with E-state index in [0.717, 1.165) is 59.8 Å². The second kappa shape index (κ2) is 15.2. The number of amides is 1. The molecule has 0 saturated carbocycles. The van der Waals surface area contributed by atoms with Crippen LogP contribution in [0.1, 0.15) is 53.9 Å². The summed E-state index contributed by atoms with van der Waals surface area (Å²) in [6.07, 6.45) is 4.48. The number of aromatic nitrogens is 1. The Hall–Kier alpha value is -5.09. The Morgan fingerprint density at radius 2 is 1.71 bits per heavy atom. The van der Waals surface area contributed by atoms with Crippen LogP contribution in [0.5, 0.6) is 17.2 Å². The van der Waals surface area contributed by atoms with E-state index >= 15 is 0 Å². The lowest BCUT2D eigenvalue weighted by atomic mass is 9.86. The molecule has 1 saturated heterocycles. The van der Waals surface area contributed by atoms with Gasteiger partial charge in [-0.25, -0.2) is 9.78 Å². The summed E-state index contributed by atoms with van der Waals surface area (Å²) in [5.74, 6) is 0.871. The molecule has 1 aliphatic carbocycles. The molecular weight excluding hydrogens is 610 g/mol. The SMILES string of the molecule is CCOc1cc(N2CCOCC2)c(OCC)cc1NC(=O)COC(=O)c1c2c(nc3ccccc13)/C(=C\c1ccc(OC)cc1)CCC2. The average Bonchev–Trinajstić information content (AvgIpc) is 3.11. The van der Waals surface area contributed by atoms with Gasteiger partial charge in [0.2, 0.25) is 0 Å². The maximum Gasteiger partial charge on any atom is 0.339 e. The zero-order valence-corrected chi connectivity index (χ0v) is 27.7. The predicted molar refractivity (Wildman–Crippen MR) is 186 cm³/mol. The summed E-state index contributed by atoms with van der Waals surface area (Å²) in [4.78, 5) is 34.3. The topological polar surface area (TPSA) is 108 Å². The van der Waals surface area contributed by atoms with Gasteiger partial charge in [-0.3, -0.25) is 4.79 Å². The van der Waals surface area contributed by atoms with Gasteiger partial charge in [0.1, 0.15) is 17.2 Å². The molecule has 250 valence electrons. The van der Waals surface area contributed by atoms with Crippen LogP contribution < -0.4 is 24.4 Å². The summed E-state index contributed by atoms with van der Waals surface area (Å²) in [6, 6.07) is 19.0. The molecule has 1 fully saturated rings. The third-order valence-electron chi connectivity index (χ3n) is 8.45. The van der Waals surface area contributed by atoms with Gasteiger partial charge in [0.05, 0.1) is 61.7 Å². The maximum absolute atomic E-state index is 13.8. The minimum Gasteiger partial charge on any atom is -0.497 e. The van der Waals surface area contributed by atoms with E-state index in [2.05, 4.69) is 16.3 Å². The van der Waals surface area contributed by atoms with E-state index in [1.165, 1.54) is 0 Å². The number of nitrogens with one attached hydrogen (secondary N) is 1. The number of morpholine rings is 1. The first-order valence-electron chi connectivity index (χ1n) is 16.5. The number of benzene rings is 3. The fourth-order valence-corrected chi connectivity index (χ4v) is 6.24. The Bertz CT molecular complexity index is 1810. The van der Waals surface area contributed by atoms with Gasteiger partial charge in [0.25, 0.3) is 5.91 Å². The van der Waals surface area contributed by atoms with E-state index in [9.17, 15) is 9.59 Å². The van der Waals surface area contributed by atoms with Crippen LogP contribution in [-0.4, -0.2) is 70.1 Å². The van der Waals surface area contributed by atoms with E-state index in [1.54, 1.807) is 13.2 Å². The van der Waals surface area contributed by atoms with Crippen LogP contribution in [0, 0.1) is 0 Å². The number of esters is 1. The molecule has 0 spiro atoms. The number of nitrogens with zero attached hydrogens (tertiary/aromatic N) is 2. The number of methoxy groups -OCH3 is 1. The van der Waals surface area contributed by atoms with Crippen molar-refractivity contribution < 1.29 is 33.3 Å². The zero-order chi connectivity index (χ0) is 33.5. The van der Waals surface area contributed by atoms with Gasteiger partial charge in [-0.15, -0.1) is 0 Å². The molecule has 6 rings (SSSR count). The second-order valence-electron chi connectivity index (χ2n) is 11.5. The number of carbonyl (C=O) groups excluding carboxylic acids is 2. The Kier molecular flexibility index (Phi) is 10.4. The number of anilines is 2. The number of ether oxygens (including phenoxy) is 5. The second-order valence-corrected chi connectivity index (χ2v) is 11.5. The van der Waals surface area contributed by atoms with Gasteiger partial charge in [-0.05, 0) is 74.1 Å². The quantitative estimate of drug-likeness (QED) is 0.181. The highest BCUT2D eigenvalue weighted by Crippen LogP contribution is 2.40. The number of fused-ring (bicyclic) bond motifs is 2. The Morgan fingerprint density at radius 1 is 0.958 bits per heavy atom. The number of rotatable bonds is 11. The molecule has 3 aromatic carbocycles. The van der Waals surface area contributed by atoms with Crippen LogP contribution >= 0.6 is 0 Å². The summed E-state index contributed by atoms with van der Waals surface area (Å²) in [6.45, 7) is 6.87. The third-order valence-corrected chi connectivity index (χ3v) is 8.45. The van der Waals surface area contributed by atoms with E-state index in [1.807, 2.05) is 68.4 Å². The van der Waals surface area contributed by atoms with Crippen molar-refractivity contribution in [2.75, 3.05) is 63.5 Å². The van der Waals surface area contributed by atoms with Crippen molar-refractivity contribution in [3.05, 3.63) is 83.0 Å². The zero-order valence-electron chi connectivity index (χ0n) is 27.7. The summed E-state index contributed by atoms with van der Waals surface area (Å²) in [7, 11) is 1.64. The molecule has 2 aliphatic rings. The van der Waals surface area contributed by atoms with Gasteiger partial charge in [0.15, 0.2) is 6.61 Å². The molecule has 0 bridgehead atoms. The van der Waals surface area contributed by atoms with Crippen LogP contribution in [0.2, 0.25) is 0 Å². The largest absolute Gasteiger partial charge is 0.497 e. The Morgan fingerprint density at radius 3 is 2.46 bits per heavy atom. The Balaban J connectivity index is 1.25. The van der Waals surface area contributed by atoms with Gasteiger partial charge < -0.3 is 33.9 Å². The molecule has 10 heteroatoms. The van der Waals surface area contributed by atoms with E-state index in [-0.39, 0.29) is 0 Å². The first-order chi connectivity index (χ1) is 23.5. The predicted octanol–water partition coefficient (Wildman–Crippen LogP) is 6.55. The van der Waals surface area contributed by atoms with Crippen molar-refractivity contribution >= 4 is 45.8 Å². The normalized spacial score (nSPS) is 15.1. The van der Waals surface area contributed by atoms with E-state index < -0.39 is 18.5 Å². The molecule has 1 aromatic heterocycles. The first kappa shape index (κ1) is 32.8. The van der Waals surface area contributed by atoms with Crippen LogP contribution in [0.3, 0.4) is 0 Å². The van der Waals surface area contributed by atoms with Crippen molar-refractivity contribution in [2.24, 2.45) is 0 Å². The standard InChI is InChI=1S/C38H41N3O7/c1-4-46-33-23-32(41-17-19-45-20-18-41)34(47-5-2)22-31(33)39-35(42)24-48-38(43)36-28-10-6-7-12-30(28)40-37-26(9-8-11-29(36)37)21-25-13-15-27(44-3)16-14-25/h6-7,10,12-16,21-23H,4-5,8-9,11,17-20,24H2,1-3H3,(H,39,42)/b26-21-. The van der Waals surface area contributed by atoms with Crippen molar-refractivity contribution in [1.82, 2.24) is 4.98 Å². The van der Waals surface area contributed by atoms with Crippen molar-refractivity contribution in [3.63, 3.8) is 0 Å². The van der Waals surface area contributed by atoms with Gasteiger partial charge in [-0.1, -0.05) is 30.3 Å². The third kappa shape index (κ3) is 7.23. The van der Waals surface area contributed by atoms with Crippen molar-refractivity contribution in [3.8, 4) is 17.2 Å². The molecule has 48 heavy (non-hydrogen) atoms. The molecule has 0 atom stereocenters. The minimum atomic E-state index is -0.562. The summed E-state index contributed by atoms with van der Waals surface area (Å²) in [5.41, 5.74) is 6.16. The van der Waals surface area contributed by atoms with E-state index in [0.29, 0.717) is 66.5 Å². The molecule has 10 nitrogen and oxygen atoms in total. The molecule has 1 amide bonds. The van der Waals surface area contributed by atoms with Crippen molar-refractivity contribution in [2.45, 2.75) is 33.1 Å². The van der Waals surface area contributed by atoms with Crippen LogP contribution in [-0.2, 0) is 20.7 Å². The van der Waals surface area contributed by atoms with Crippen LogP contribution in [0.4, 0.5) is 11.4 Å². The molecule has 4 aromatic rings. The number of pyridine rings is 1. The smallest absolute Gasteiger partial charge is 0.339 e. The molecular formula is C38H41N3O7. The summed E-state index contributed by atoms with van der Waals surface area (Å²) in [5, 5.41) is 3.58. The maximum atomic E-state index is 13.8. The highest BCUT2D eigenvalue weighted by atomic mass is 16.5. The lowest BCUT2D eigenvalue weighted by molar-refractivity contribution is -0.119. The van der Waals surface area contributed by atoms with Gasteiger partial charge in [-0.2, -0.15) is 0 Å². The first-order valence-corrected chi connectivity index (χ1v) is 16.5. The number of hydrogen-bond donors (Lipinski definition) is 1. The molecule has 0 unspecified atom stereocenters. The van der Waals surface area contributed by atoms with E-state index in [4.69, 9.17) is 28.7 Å². The monoisotopic (exact) mass is 651 g/mol. The number of hydrogen-bond acceptors (Lipinski definition) is 9. The average molecular weight is 652 g/mol. The number of para-hydroxylation sites is 1. The van der Waals surface area contributed by atoms with Gasteiger partial charge >= 0.3 is 5.97 Å². The summed E-state index contributed by atoms with van der Waals surface area (Å²) < 4.78 is 28.4. The fourth-order valence-electron chi connectivity index (χ4n) is 6.24. The molecule has 1 N–H and O–H groups in total. The van der Waals surface area contributed by atoms with Crippen LogP contribution in [0.15, 0.2) is 60.7 Å². The minimum absolute atomic E-state index is 0.406. The van der Waals surface area contributed by atoms with Crippen molar-refractivity contribution in [1.29, 1.82) is 0 Å². The summed E-state index contributed by atoms with van der Waals surface area (Å²) >= 11 is 0. The molecule has 2 heterocycles. The Labute approximate surface area is 280 Å². The highest BCUT2D eigenvalue weighted by Gasteiger charge is 2.27. The fraction of sp³-hybridized carbons (Fsp3) is 0.342. The lowest BCUT2D eigenvalue weighted by Crippen LogP contribution is -2.36. The molecule has 1 aliphatic heterocycles. The molecule has 0 radical (unpaired) electrons. The van der Waals surface area contributed by atoms with Gasteiger partial charge in [0, 0.05) is 30.6 Å². The van der Waals surface area contributed by atoms with Crippen LogP contribution in [0.25, 0.3) is 22.6 Å². The number of allylic oxidation sites excluding steroid dienone is 1. The lowest BCUT2D eigenvalue weighted by Gasteiger charge is -2.31. The number of carbonyl (C=O) groups is 2. The highest BCUT2D eigenvalue weighted by molar-refractivity contribution is 6.07.